The van der Waals surface area contributed by atoms with Crippen molar-refractivity contribution in [3.8, 4) is 0 Å². The molecule has 1 radical (unpaired) electrons. The van der Waals surface area contributed by atoms with Crippen LogP contribution in [0, 0.1) is 6.33 Å². The molecule has 0 rings (SSSR count). The first-order valence-corrected chi connectivity index (χ1v) is 6.11. The SMILES string of the molecule is CC(F)C(F)(F)C(F)(F)C(F)(F)C(F)(F)C(F)(F)C(F)(F)C(F)(F)/C(F)=[C]\F. The summed E-state index contributed by atoms with van der Waals surface area (Å²) in [6, 6.07) is 0. The minimum absolute atomic E-state index is 0.639. The van der Waals surface area contributed by atoms with Crippen molar-refractivity contribution in [2.45, 2.75) is 54.6 Å². The van der Waals surface area contributed by atoms with Gasteiger partial charge in [0.25, 0.3) is 0 Å². The molecule has 1 unspecified atom stereocenters. The summed E-state index contributed by atoms with van der Waals surface area (Å²) in [6.45, 7) is -0.639. The van der Waals surface area contributed by atoms with Crippen molar-refractivity contribution in [1.82, 2.24) is 0 Å². The molecular weight excluding hydrogens is 455 g/mol. The molecule has 28 heavy (non-hydrogen) atoms. The molecular formula is C11H4F17. The molecule has 17 heteroatoms. The Hall–Kier alpha value is -1.45. The second kappa shape index (κ2) is 6.81. The molecule has 0 aromatic rings. The van der Waals surface area contributed by atoms with Gasteiger partial charge in [-0.05, 0) is 6.92 Å². The fraction of sp³-hybridized carbons (Fsp3) is 0.818. The topological polar surface area (TPSA) is 0 Å². The molecule has 0 fully saturated rings. The highest BCUT2D eigenvalue weighted by atomic mass is 19.4. The van der Waals surface area contributed by atoms with Gasteiger partial charge in [0.1, 0.15) is 0 Å². The van der Waals surface area contributed by atoms with E-state index in [-0.39, 0.29) is 0 Å². The molecule has 0 heterocycles. The molecule has 0 nitrogen and oxygen atoms in total. The Morgan fingerprint density at radius 2 is 0.893 bits per heavy atom. The smallest absolute Gasteiger partial charge is 0.241 e. The third-order valence-electron chi connectivity index (χ3n) is 3.25. The van der Waals surface area contributed by atoms with Crippen molar-refractivity contribution < 1.29 is 74.6 Å². The van der Waals surface area contributed by atoms with Crippen molar-refractivity contribution in [3.05, 3.63) is 12.2 Å². The van der Waals surface area contributed by atoms with Gasteiger partial charge in [0.2, 0.25) is 5.83 Å². The number of allylic oxidation sites excluding steroid dienone is 1. The van der Waals surface area contributed by atoms with E-state index in [1.165, 1.54) is 0 Å². The Labute approximate surface area is 143 Å². The van der Waals surface area contributed by atoms with Crippen LogP contribution < -0.4 is 0 Å². The Balaban J connectivity index is 6.72. The zero-order valence-electron chi connectivity index (χ0n) is 12.5. The molecule has 0 N–H and O–H groups in total. The third kappa shape index (κ3) is 3.07. The summed E-state index contributed by atoms with van der Waals surface area (Å²) in [6.07, 6.45) is -5.48. The Kier molecular flexibility index (Phi) is 6.46. The highest BCUT2D eigenvalue weighted by molar-refractivity contribution is 5.18. The van der Waals surface area contributed by atoms with Crippen LogP contribution in [0.15, 0.2) is 5.83 Å². The molecule has 0 saturated heterocycles. The average molecular weight is 459 g/mol. The second-order valence-corrected chi connectivity index (χ2v) is 5.09. The molecule has 0 bridgehead atoms. The zero-order valence-corrected chi connectivity index (χ0v) is 12.5. The summed E-state index contributed by atoms with van der Waals surface area (Å²) in [5.41, 5.74) is 0. The van der Waals surface area contributed by atoms with E-state index >= 15 is 0 Å². The lowest BCUT2D eigenvalue weighted by Crippen LogP contribution is -2.73. The third-order valence-corrected chi connectivity index (χ3v) is 3.25. The number of rotatable bonds is 8. The highest BCUT2D eigenvalue weighted by Gasteiger charge is 2.93. The first-order chi connectivity index (χ1) is 11.9. The van der Waals surface area contributed by atoms with Crippen LogP contribution in [0.4, 0.5) is 74.6 Å². The van der Waals surface area contributed by atoms with Crippen LogP contribution in [0.1, 0.15) is 6.92 Å². The summed E-state index contributed by atoms with van der Waals surface area (Å²) in [5.74, 6) is -59.8. The molecule has 0 aliphatic heterocycles. The van der Waals surface area contributed by atoms with E-state index in [2.05, 4.69) is 0 Å². The van der Waals surface area contributed by atoms with E-state index in [0.717, 1.165) is 0 Å². The largest absolute Gasteiger partial charge is 0.385 e. The van der Waals surface area contributed by atoms with Gasteiger partial charge >= 0.3 is 41.5 Å². The van der Waals surface area contributed by atoms with Gasteiger partial charge in [-0.3, -0.25) is 0 Å². The van der Waals surface area contributed by atoms with Crippen LogP contribution in [-0.2, 0) is 0 Å². The molecule has 1 atom stereocenters. The predicted molar refractivity (Wildman–Crippen MR) is 54.2 cm³/mol. The monoisotopic (exact) mass is 459 g/mol. The van der Waals surface area contributed by atoms with Crippen LogP contribution in [0.3, 0.4) is 0 Å². The van der Waals surface area contributed by atoms with Gasteiger partial charge in [-0.2, -0.15) is 61.5 Å². The first-order valence-electron chi connectivity index (χ1n) is 6.11. The fourth-order valence-corrected chi connectivity index (χ4v) is 1.44. The van der Waals surface area contributed by atoms with Crippen LogP contribution in [-0.4, -0.2) is 47.6 Å². The van der Waals surface area contributed by atoms with Gasteiger partial charge in [-0.25, -0.2) is 13.2 Å². The van der Waals surface area contributed by atoms with Crippen molar-refractivity contribution >= 4 is 0 Å². The molecule has 0 saturated carbocycles. The van der Waals surface area contributed by atoms with Crippen LogP contribution in [0.5, 0.6) is 0 Å². The zero-order chi connectivity index (χ0) is 23.4. The first kappa shape index (κ1) is 26.6. The van der Waals surface area contributed by atoms with Crippen LogP contribution in [0.25, 0.3) is 0 Å². The number of halogens is 17. The number of hydrogen-bond donors (Lipinski definition) is 0. The highest BCUT2D eigenvalue weighted by Crippen LogP contribution is 2.63. The van der Waals surface area contributed by atoms with E-state index in [1.54, 1.807) is 0 Å². The summed E-state index contributed by atoms with van der Waals surface area (Å²) < 4.78 is 218. The van der Waals surface area contributed by atoms with Crippen LogP contribution in [0.2, 0.25) is 0 Å². The minimum atomic E-state index is -8.48. The van der Waals surface area contributed by atoms with E-state index in [1.807, 2.05) is 0 Å². The van der Waals surface area contributed by atoms with Crippen LogP contribution >= 0.6 is 0 Å². The lowest BCUT2D eigenvalue weighted by molar-refractivity contribution is -0.442. The number of hydrogen-bond acceptors (Lipinski definition) is 0. The lowest BCUT2D eigenvalue weighted by atomic mass is 9.88. The van der Waals surface area contributed by atoms with Crippen molar-refractivity contribution in [2.75, 3.05) is 0 Å². The normalized spacial score (nSPS) is 17.7. The van der Waals surface area contributed by atoms with Gasteiger partial charge in [-0.1, -0.05) is 0 Å². The maximum absolute atomic E-state index is 13.2. The Bertz CT molecular complexity index is 598. The molecule has 0 aromatic carbocycles. The summed E-state index contributed by atoms with van der Waals surface area (Å²) in [4.78, 5) is 0. The van der Waals surface area contributed by atoms with E-state index in [4.69, 9.17) is 0 Å². The van der Waals surface area contributed by atoms with E-state index < -0.39 is 66.7 Å². The predicted octanol–water partition coefficient (Wildman–Crippen LogP) is 6.38. The van der Waals surface area contributed by atoms with E-state index in [0.29, 0.717) is 0 Å². The minimum Gasteiger partial charge on any atom is -0.241 e. The average Bonchev–Trinajstić information content (AvgIpc) is 2.52. The maximum atomic E-state index is 13.2. The van der Waals surface area contributed by atoms with E-state index in [9.17, 15) is 74.6 Å². The van der Waals surface area contributed by atoms with Crippen molar-refractivity contribution in [3.63, 3.8) is 0 Å². The summed E-state index contributed by atoms with van der Waals surface area (Å²) in [5, 5.41) is 0. The Morgan fingerprint density at radius 1 is 0.607 bits per heavy atom. The lowest BCUT2D eigenvalue weighted by Gasteiger charge is -2.42. The van der Waals surface area contributed by atoms with Gasteiger partial charge in [0, 0.05) is 0 Å². The molecule has 167 valence electrons. The Morgan fingerprint density at radius 3 is 1.18 bits per heavy atom. The van der Waals surface area contributed by atoms with Crippen molar-refractivity contribution in [2.24, 2.45) is 0 Å². The standard InChI is InChI=1S/C11H4F17/c1-3(13)5(15,16)7(19,20)9(23,24)11(27,28)10(25,26)8(21,22)6(17,18)4(14)2-12/h3H,1H3. The van der Waals surface area contributed by atoms with Crippen molar-refractivity contribution in [1.29, 1.82) is 0 Å². The van der Waals surface area contributed by atoms with Gasteiger partial charge in [0.15, 0.2) is 12.5 Å². The molecule has 0 aromatic heterocycles. The maximum Gasteiger partial charge on any atom is 0.385 e. The molecule has 0 spiro atoms. The molecule has 0 amide bonds. The van der Waals surface area contributed by atoms with Gasteiger partial charge in [-0.15, -0.1) is 0 Å². The molecule has 0 aliphatic rings. The van der Waals surface area contributed by atoms with Gasteiger partial charge in [0.05, 0.1) is 0 Å². The summed E-state index contributed by atoms with van der Waals surface area (Å²) in [7, 11) is 0. The van der Waals surface area contributed by atoms with Gasteiger partial charge < -0.3 is 0 Å². The summed E-state index contributed by atoms with van der Waals surface area (Å²) >= 11 is 0. The number of alkyl halides is 15. The fourth-order valence-electron chi connectivity index (χ4n) is 1.44. The quantitative estimate of drug-likeness (QED) is 0.370. The second-order valence-electron chi connectivity index (χ2n) is 5.09. The molecule has 0 aliphatic carbocycles.